The molecule has 3 rings (SSSR count). The van der Waals surface area contributed by atoms with Gasteiger partial charge >= 0.3 is 0 Å². The van der Waals surface area contributed by atoms with Gasteiger partial charge in [-0.05, 0) is 32.0 Å². The number of benzene rings is 1. The van der Waals surface area contributed by atoms with Gasteiger partial charge in [0.15, 0.2) is 0 Å². The van der Waals surface area contributed by atoms with Crippen LogP contribution in [0.2, 0.25) is 0 Å². The lowest BCUT2D eigenvalue weighted by Gasteiger charge is -2.34. The van der Waals surface area contributed by atoms with E-state index in [1.807, 2.05) is 36.1 Å². The summed E-state index contributed by atoms with van der Waals surface area (Å²) in [7, 11) is 0. The summed E-state index contributed by atoms with van der Waals surface area (Å²) in [4.78, 5) is 29.0. The monoisotopic (exact) mass is 315 g/mol. The Hall–Kier alpha value is -1.88. The van der Waals surface area contributed by atoms with Gasteiger partial charge in [-0.3, -0.25) is 9.59 Å². The number of anilines is 1. The van der Waals surface area contributed by atoms with E-state index in [0.29, 0.717) is 6.42 Å². The Kier molecular flexibility index (Phi) is 4.66. The second-order valence-electron chi connectivity index (χ2n) is 6.56. The van der Waals surface area contributed by atoms with E-state index in [0.717, 1.165) is 44.0 Å². The predicted octanol–water partition coefficient (Wildman–Crippen LogP) is 1.73. The molecule has 5 heteroatoms. The molecule has 1 aromatic rings. The number of aryl methyl sites for hydroxylation is 1. The van der Waals surface area contributed by atoms with Crippen molar-refractivity contribution in [2.75, 3.05) is 38.0 Å². The maximum Gasteiger partial charge on any atom is 0.228 e. The van der Waals surface area contributed by atoms with Crippen LogP contribution in [0.1, 0.15) is 18.9 Å². The lowest BCUT2D eigenvalue weighted by molar-refractivity contribution is -0.135. The second-order valence-corrected chi connectivity index (χ2v) is 6.56. The molecule has 0 aromatic heterocycles. The maximum atomic E-state index is 12.5. The topological polar surface area (TPSA) is 52.7 Å². The molecule has 2 aliphatic rings. The molecule has 0 bridgehead atoms. The third kappa shape index (κ3) is 3.72. The first-order chi connectivity index (χ1) is 11.1. The second kappa shape index (κ2) is 6.71. The highest BCUT2D eigenvalue weighted by atomic mass is 16.2. The molecule has 1 aliphatic carbocycles. The molecule has 1 aliphatic heterocycles. The Morgan fingerprint density at radius 1 is 1.09 bits per heavy atom. The van der Waals surface area contributed by atoms with Crippen molar-refractivity contribution in [2.24, 2.45) is 11.8 Å². The van der Waals surface area contributed by atoms with E-state index in [4.69, 9.17) is 0 Å². The van der Waals surface area contributed by atoms with Gasteiger partial charge in [-0.1, -0.05) is 24.6 Å². The summed E-state index contributed by atoms with van der Waals surface area (Å²) in [6, 6.07) is 7.74. The summed E-state index contributed by atoms with van der Waals surface area (Å²) in [5, 5.41) is 2.92. The minimum absolute atomic E-state index is 0.0283. The molecule has 2 amide bonds. The molecule has 0 spiro atoms. The van der Waals surface area contributed by atoms with E-state index in [1.54, 1.807) is 0 Å². The van der Waals surface area contributed by atoms with Crippen molar-refractivity contribution in [2.45, 2.75) is 20.3 Å². The first-order valence-electron chi connectivity index (χ1n) is 8.47. The minimum atomic E-state index is -0.159. The van der Waals surface area contributed by atoms with Crippen LogP contribution < -0.4 is 5.32 Å². The van der Waals surface area contributed by atoms with Gasteiger partial charge < -0.3 is 15.1 Å². The zero-order chi connectivity index (χ0) is 16.4. The molecule has 1 saturated heterocycles. The smallest absolute Gasteiger partial charge is 0.228 e. The summed E-state index contributed by atoms with van der Waals surface area (Å²) in [5.41, 5.74) is 1.96. The van der Waals surface area contributed by atoms with Crippen molar-refractivity contribution in [3.63, 3.8) is 0 Å². The number of piperazine rings is 1. The summed E-state index contributed by atoms with van der Waals surface area (Å²) >= 11 is 0. The zero-order valence-electron chi connectivity index (χ0n) is 13.9. The van der Waals surface area contributed by atoms with E-state index in [2.05, 4.69) is 17.1 Å². The Labute approximate surface area is 137 Å². The van der Waals surface area contributed by atoms with E-state index >= 15 is 0 Å². The molecule has 124 valence electrons. The molecule has 2 atom stereocenters. The molecule has 1 heterocycles. The standard InChI is InChI=1S/C18H25N3O2/c1-3-20-8-10-21(11-9-20)18(23)16-12-15(16)17(22)19-14-6-4-13(2)5-7-14/h4-7,15-16H,3,8-12H2,1-2H3,(H,19,22). The SMILES string of the molecule is CCN1CCN(C(=O)C2CC2C(=O)Nc2ccc(C)cc2)CC1. The van der Waals surface area contributed by atoms with Gasteiger partial charge in [-0.2, -0.15) is 0 Å². The molecule has 2 unspecified atom stereocenters. The van der Waals surface area contributed by atoms with Crippen LogP contribution in [-0.2, 0) is 9.59 Å². The fourth-order valence-electron chi connectivity index (χ4n) is 3.15. The van der Waals surface area contributed by atoms with E-state index in [9.17, 15) is 9.59 Å². The number of amides is 2. The lowest BCUT2D eigenvalue weighted by Crippen LogP contribution is -2.49. The Bertz CT molecular complexity index is 576. The quantitative estimate of drug-likeness (QED) is 0.921. The highest BCUT2D eigenvalue weighted by molar-refractivity contribution is 5.99. The van der Waals surface area contributed by atoms with Crippen LogP contribution in [0.4, 0.5) is 5.69 Å². The molecule has 0 radical (unpaired) electrons. The summed E-state index contributed by atoms with van der Waals surface area (Å²) < 4.78 is 0. The van der Waals surface area contributed by atoms with Crippen molar-refractivity contribution in [1.82, 2.24) is 9.80 Å². The van der Waals surface area contributed by atoms with Gasteiger partial charge in [0.1, 0.15) is 0 Å². The third-order valence-electron chi connectivity index (χ3n) is 4.89. The van der Waals surface area contributed by atoms with Crippen molar-refractivity contribution < 1.29 is 9.59 Å². The lowest BCUT2D eigenvalue weighted by atomic mass is 10.2. The Morgan fingerprint density at radius 3 is 2.35 bits per heavy atom. The summed E-state index contributed by atoms with van der Waals surface area (Å²) in [6.07, 6.45) is 0.685. The van der Waals surface area contributed by atoms with Gasteiger partial charge in [0, 0.05) is 31.9 Å². The maximum absolute atomic E-state index is 12.5. The van der Waals surface area contributed by atoms with E-state index in [-0.39, 0.29) is 23.7 Å². The van der Waals surface area contributed by atoms with E-state index < -0.39 is 0 Å². The average Bonchev–Trinajstić information content (AvgIpc) is 3.37. The molecule has 1 saturated carbocycles. The number of hydrogen-bond donors (Lipinski definition) is 1. The Balaban J connectivity index is 1.49. The number of carbonyl (C=O) groups is 2. The van der Waals surface area contributed by atoms with Crippen LogP contribution in [0.5, 0.6) is 0 Å². The fraction of sp³-hybridized carbons (Fsp3) is 0.556. The average molecular weight is 315 g/mol. The van der Waals surface area contributed by atoms with Crippen LogP contribution in [0, 0.1) is 18.8 Å². The van der Waals surface area contributed by atoms with Gasteiger partial charge in [-0.25, -0.2) is 0 Å². The number of hydrogen-bond acceptors (Lipinski definition) is 3. The first-order valence-corrected chi connectivity index (χ1v) is 8.47. The number of likely N-dealkylation sites (N-methyl/N-ethyl adjacent to an activating group) is 1. The van der Waals surface area contributed by atoms with Crippen LogP contribution in [0.25, 0.3) is 0 Å². The molecule has 5 nitrogen and oxygen atoms in total. The molecule has 23 heavy (non-hydrogen) atoms. The number of carbonyl (C=O) groups excluding carboxylic acids is 2. The van der Waals surface area contributed by atoms with Crippen molar-refractivity contribution in [1.29, 1.82) is 0 Å². The van der Waals surface area contributed by atoms with Gasteiger partial charge in [0.2, 0.25) is 11.8 Å². The molecular formula is C18H25N3O2. The van der Waals surface area contributed by atoms with Crippen LogP contribution in [0.3, 0.4) is 0 Å². The van der Waals surface area contributed by atoms with Crippen molar-refractivity contribution in [3.05, 3.63) is 29.8 Å². The number of nitrogens with one attached hydrogen (secondary N) is 1. The normalized spacial score (nSPS) is 24.3. The van der Waals surface area contributed by atoms with Gasteiger partial charge in [0.05, 0.1) is 11.8 Å². The van der Waals surface area contributed by atoms with Crippen LogP contribution >= 0.6 is 0 Å². The number of nitrogens with zero attached hydrogens (tertiary/aromatic N) is 2. The highest BCUT2D eigenvalue weighted by Gasteiger charge is 2.49. The molecule has 1 aromatic carbocycles. The Morgan fingerprint density at radius 2 is 1.74 bits per heavy atom. The van der Waals surface area contributed by atoms with Crippen LogP contribution in [-0.4, -0.2) is 54.3 Å². The minimum Gasteiger partial charge on any atom is -0.340 e. The first kappa shape index (κ1) is 16.0. The van der Waals surface area contributed by atoms with Crippen molar-refractivity contribution in [3.8, 4) is 0 Å². The highest BCUT2D eigenvalue weighted by Crippen LogP contribution is 2.41. The largest absolute Gasteiger partial charge is 0.340 e. The zero-order valence-corrected chi connectivity index (χ0v) is 13.9. The molecule has 1 N–H and O–H groups in total. The van der Waals surface area contributed by atoms with E-state index in [1.165, 1.54) is 0 Å². The van der Waals surface area contributed by atoms with Gasteiger partial charge in [-0.15, -0.1) is 0 Å². The number of rotatable bonds is 4. The summed E-state index contributed by atoms with van der Waals surface area (Å²) in [6.45, 7) is 8.64. The van der Waals surface area contributed by atoms with Gasteiger partial charge in [0.25, 0.3) is 0 Å². The third-order valence-corrected chi connectivity index (χ3v) is 4.89. The molecule has 2 fully saturated rings. The predicted molar refractivity (Wildman–Crippen MR) is 90.1 cm³/mol. The van der Waals surface area contributed by atoms with Crippen molar-refractivity contribution >= 4 is 17.5 Å². The summed E-state index contributed by atoms with van der Waals surface area (Å²) in [5.74, 6) is -0.147. The fourth-order valence-corrected chi connectivity index (χ4v) is 3.15. The van der Waals surface area contributed by atoms with Crippen LogP contribution in [0.15, 0.2) is 24.3 Å². The molecular weight excluding hydrogens is 290 g/mol.